The van der Waals surface area contributed by atoms with Gasteiger partial charge in [0.25, 0.3) is 0 Å². The Morgan fingerprint density at radius 2 is 1.48 bits per heavy atom. The second-order valence-corrected chi connectivity index (χ2v) is 5.95. The normalized spacial score (nSPS) is 10.5. The van der Waals surface area contributed by atoms with E-state index in [1.54, 1.807) is 6.07 Å². The van der Waals surface area contributed by atoms with E-state index in [1.807, 2.05) is 55.5 Å². The van der Waals surface area contributed by atoms with E-state index in [2.05, 4.69) is 0 Å². The van der Waals surface area contributed by atoms with Gasteiger partial charge in [0.15, 0.2) is 11.5 Å². The van der Waals surface area contributed by atoms with Crippen molar-refractivity contribution in [1.29, 1.82) is 0 Å². The lowest BCUT2D eigenvalue weighted by molar-refractivity contribution is -0.133. The van der Waals surface area contributed by atoms with Gasteiger partial charge >= 0.3 is 11.9 Å². The number of hydrogen-bond acceptors (Lipinski definition) is 5. The summed E-state index contributed by atoms with van der Waals surface area (Å²) >= 11 is 0. The van der Waals surface area contributed by atoms with Crippen LogP contribution < -0.4 is 14.2 Å². The SMILES string of the molecule is CCOc1cc(OC(C)=O)c2cc(-c3ccccc3)ccc2c1OC(C)=O. The minimum atomic E-state index is -0.454. The molecule has 0 N–H and O–H groups in total. The van der Waals surface area contributed by atoms with Gasteiger partial charge in [0.2, 0.25) is 0 Å². The van der Waals surface area contributed by atoms with E-state index in [0.29, 0.717) is 34.6 Å². The van der Waals surface area contributed by atoms with Crippen molar-refractivity contribution in [2.75, 3.05) is 6.61 Å². The van der Waals surface area contributed by atoms with Crippen LogP contribution in [0.1, 0.15) is 20.8 Å². The highest BCUT2D eigenvalue weighted by Gasteiger charge is 2.19. The van der Waals surface area contributed by atoms with Crippen LogP contribution in [0.5, 0.6) is 17.2 Å². The third-order valence-corrected chi connectivity index (χ3v) is 3.92. The van der Waals surface area contributed by atoms with E-state index in [1.165, 1.54) is 13.8 Å². The Morgan fingerprint density at radius 3 is 2.11 bits per heavy atom. The molecule has 0 saturated carbocycles. The molecule has 3 rings (SSSR count). The van der Waals surface area contributed by atoms with E-state index >= 15 is 0 Å². The highest BCUT2D eigenvalue weighted by atomic mass is 16.6. The number of hydrogen-bond donors (Lipinski definition) is 0. The lowest BCUT2D eigenvalue weighted by Crippen LogP contribution is -2.07. The second-order valence-electron chi connectivity index (χ2n) is 5.95. The Kier molecular flexibility index (Phi) is 5.41. The Hall–Kier alpha value is -3.34. The lowest BCUT2D eigenvalue weighted by Gasteiger charge is -2.16. The van der Waals surface area contributed by atoms with Crippen LogP contribution >= 0.6 is 0 Å². The van der Waals surface area contributed by atoms with Crippen LogP contribution in [-0.4, -0.2) is 18.5 Å². The molecule has 0 unspecified atom stereocenters. The van der Waals surface area contributed by atoms with Crippen molar-refractivity contribution in [3.8, 4) is 28.4 Å². The summed E-state index contributed by atoms with van der Waals surface area (Å²) in [6.07, 6.45) is 0. The van der Waals surface area contributed by atoms with Gasteiger partial charge in [-0.15, -0.1) is 0 Å². The number of carbonyl (C=O) groups is 2. The molecule has 0 saturated heterocycles. The molecule has 0 aliphatic rings. The molecule has 3 aromatic rings. The van der Waals surface area contributed by atoms with Crippen LogP contribution in [0.2, 0.25) is 0 Å². The number of benzene rings is 3. The van der Waals surface area contributed by atoms with Gasteiger partial charge in [-0.3, -0.25) is 9.59 Å². The van der Waals surface area contributed by atoms with Gasteiger partial charge in [0, 0.05) is 30.7 Å². The zero-order chi connectivity index (χ0) is 19.4. The summed E-state index contributed by atoms with van der Waals surface area (Å²) in [5.74, 6) is 0.127. The summed E-state index contributed by atoms with van der Waals surface area (Å²) in [6, 6.07) is 17.1. The van der Waals surface area contributed by atoms with Crippen LogP contribution in [0.3, 0.4) is 0 Å². The number of esters is 2. The first-order valence-electron chi connectivity index (χ1n) is 8.65. The molecule has 5 heteroatoms. The predicted molar refractivity (Wildman–Crippen MR) is 103 cm³/mol. The largest absolute Gasteiger partial charge is 0.490 e. The van der Waals surface area contributed by atoms with Crippen LogP contribution in [0, 0.1) is 0 Å². The molecule has 3 aromatic carbocycles. The molecule has 27 heavy (non-hydrogen) atoms. The van der Waals surface area contributed by atoms with E-state index in [4.69, 9.17) is 14.2 Å². The molecule has 0 aliphatic carbocycles. The first-order valence-corrected chi connectivity index (χ1v) is 8.65. The summed E-state index contributed by atoms with van der Waals surface area (Å²) in [7, 11) is 0. The summed E-state index contributed by atoms with van der Waals surface area (Å²) in [5, 5.41) is 1.29. The van der Waals surface area contributed by atoms with Crippen LogP contribution in [0.4, 0.5) is 0 Å². The van der Waals surface area contributed by atoms with Crippen molar-refractivity contribution >= 4 is 22.7 Å². The Labute approximate surface area is 157 Å². The molecule has 5 nitrogen and oxygen atoms in total. The van der Waals surface area contributed by atoms with Gasteiger partial charge in [-0.25, -0.2) is 0 Å². The first-order chi connectivity index (χ1) is 13.0. The quantitative estimate of drug-likeness (QED) is 0.483. The van der Waals surface area contributed by atoms with E-state index in [0.717, 1.165) is 11.1 Å². The maximum atomic E-state index is 11.6. The standard InChI is InChI=1S/C22H20O5/c1-4-25-21-13-20(26-14(2)23)19-12-17(16-8-6-5-7-9-16)10-11-18(19)22(21)27-15(3)24/h5-13H,4H2,1-3H3. The number of ether oxygens (including phenoxy) is 3. The monoisotopic (exact) mass is 364 g/mol. The summed E-state index contributed by atoms with van der Waals surface area (Å²) in [6.45, 7) is 4.88. The third-order valence-electron chi connectivity index (χ3n) is 3.92. The highest BCUT2D eigenvalue weighted by Crippen LogP contribution is 2.43. The van der Waals surface area contributed by atoms with Crippen molar-refractivity contribution in [3.63, 3.8) is 0 Å². The zero-order valence-corrected chi connectivity index (χ0v) is 15.4. The lowest BCUT2D eigenvalue weighted by atomic mass is 10.00. The zero-order valence-electron chi connectivity index (χ0n) is 15.4. The topological polar surface area (TPSA) is 61.8 Å². The van der Waals surface area contributed by atoms with E-state index < -0.39 is 11.9 Å². The van der Waals surface area contributed by atoms with Crippen LogP contribution in [-0.2, 0) is 9.59 Å². The van der Waals surface area contributed by atoms with E-state index in [9.17, 15) is 9.59 Å². The van der Waals surface area contributed by atoms with Gasteiger partial charge in [-0.2, -0.15) is 0 Å². The molecule has 138 valence electrons. The van der Waals surface area contributed by atoms with Crippen LogP contribution in [0.15, 0.2) is 54.6 Å². The van der Waals surface area contributed by atoms with Gasteiger partial charge in [-0.1, -0.05) is 36.4 Å². The van der Waals surface area contributed by atoms with E-state index in [-0.39, 0.29) is 0 Å². The van der Waals surface area contributed by atoms with Gasteiger partial charge in [0.1, 0.15) is 5.75 Å². The second kappa shape index (κ2) is 7.91. The Morgan fingerprint density at radius 1 is 0.778 bits per heavy atom. The number of rotatable bonds is 5. The molecule has 0 fully saturated rings. The maximum Gasteiger partial charge on any atom is 0.308 e. The van der Waals surface area contributed by atoms with Gasteiger partial charge < -0.3 is 14.2 Å². The fourth-order valence-electron chi connectivity index (χ4n) is 2.90. The first kappa shape index (κ1) is 18.5. The number of fused-ring (bicyclic) bond motifs is 1. The molecule has 0 radical (unpaired) electrons. The average Bonchev–Trinajstić information content (AvgIpc) is 2.64. The number of carbonyl (C=O) groups excluding carboxylic acids is 2. The summed E-state index contributed by atoms with van der Waals surface area (Å²) in [4.78, 5) is 23.2. The minimum absolute atomic E-state index is 0.315. The van der Waals surface area contributed by atoms with Gasteiger partial charge in [0.05, 0.1) is 6.61 Å². The van der Waals surface area contributed by atoms with Crippen molar-refractivity contribution in [2.24, 2.45) is 0 Å². The molecule has 0 spiro atoms. The van der Waals surface area contributed by atoms with Crippen molar-refractivity contribution in [3.05, 3.63) is 54.6 Å². The van der Waals surface area contributed by atoms with Crippen molar-refractivity contribution in [2.45, 2.75) is 20.8 Å². The highest BCUT2D eigenvalue weighted by molar-refractivity contribution is 6.00. The maximum absolute atomic E-state index is 11.6. The molecular weight excluding hydrogens is 344 g/mol. The summed E-state index contributed by atoms with van der Waals surface area (Å²) < 4.78 is 16.4. The molecule has 0 atom stereocenters. The van der Waals surface area contributed by atoms with Crippen molar-refractivity contribution < 1.29 is 23.8 Å². The fraction of sp³-hybridized carbons (Fsp3) is 0.182. The molecule has 0 amide bonds. The average molecular weight is 364 g/mol. The van der Waals surface area contributed by atoms with Crippen molar-refractivity contribution in [1.82, 2.24) is 0 Å². The molecule has 0 aliphatic heterocycles. The Bertz CT molecular complexity index is 993. The van der Waals surface area contributed by atoms with Crippen LogP contribution in [0.25, 0.3) is 21.9 Å². The smallest absolute Gasteiger partial charge is 0.308 e. The molecule has 0 bridgehead atoms. The molecule has 0 aromatic heterocycles. The Balaban J connectivity index is 2.28. The third kappa shape index (κ3) is 4.08. The molecule has 0 heterocycles. The predicted octanol–water partition coefficient (Wildman–Crippen LogP) is 4.76. The fourth-order valence-corrected chi connectivity index (χ4v) is 2.90. The minimum Gasteiger partial charge on any atom is -0.490 e. The van der Waals surface area contributed by atoms with Gasteiger partial charge in [-0.05, 0) is 30.2 Å². The molecular formula is C22H20O5. The summed E-state index contributed by atoms with van der Waals surface area (Å²) in [5.41, 5.74) is 1.98.